The minimum absolute atomic E-state index is 0.00240. The van der Waals surface area contributed by atoms with Crippen LogP contribution in [0.3, 0.4) is 0 Å². The summed E-state index contributed by atoms with van der Waals surface area (Å²) in [4.78, 5) is 0. The summed E-state index contributed by atoms with van der Waals surface area (Å²) in [6.07, 6.45) is 3.64. The lowest BCUT2D eigenvalue weighted by atomic mass is 10.1. The molecule has 2 aromatic carbocycles. The summed E-state index contributed by atoms with van der Waals surface area (Å²) in [6.45, 7) is 2.01. The van der Waals surface area contributed by atoms with Gasteiger partial charge < -0.3 is 5.32 Å². The Morgan fingerprint density at radius 1 is 1.10 bits per heavy atom. The van der Waals surface area contributed by atoms with Crippen molar-refractivity contribution in [3.05, 3.63) is 78.4 Å². The molecule has 4 heteroatoms. The highest BCUT2D eigenvalue weighted by Crippen LogP contribution is 2.25. The average Bonchev–Trinajstić information content (AvgIpc) is 3.02. The standard InChI is InChI=1S/C17H16FN3/c1-13(14-6-4-7-15(18)12-14)20-16-8-2-3-9-17(16)21-11-5-10-19-21/h2-13,20H,1H3. The van der Waals surface area contributed by atoms with Crippen LogP contribution in [0.4, 0.5) is 10.1 Å². The summed E-state index contributed by atoms with van der Waals surface area (Å²) in [5, 5.41) is 7.67. The highest BCUT2D eigenvalue weighted by Gasteiger charge is 2.10. The molecule has 0 aliphatic carbocycles. The van der Waals surface area contributed by atoms with Crippen LogP contribution in [0.2, 0.25) is 0 Å². The minimum atomic E-state index is -0.221. The van der Waals surface area contributed by atoms with E-state index in [0.717, 1.165) is 16.9 Å². The Kier molecular flexibility index (Phi) is 3.69. The molecule has 0 saturated heterocycles. The number of nitrogens with one attached hydrogen (secondary N) is 1. The largest absolute Gasteiger partial charge is 0.377 e. The van der Waals surface area contributed by atoms with E-state index in [1.807, 2.05) is 49.5 Å². The van der Waals surface area contributed by atoms with E-state index >= 15 is 0 Å². The molecule has 1 unspecified atom stereocenters. The highest BCUT2D eigenvalue weighted by molar-refractivity contribution is 5.61. The molecule has 1 atom stereocenters. The van der Waals surface area contributed by atoms with Crippen LogP contribution in [0.15, 0.2) is 67.0 Å². The van der Waals surface area contributed by atoms with E-state index in [1.165, 1.54) is 6.07 Å². The Balaban J connectivity index is 1.88. The first kappa shape index (κ1) is 13.4. The molecule has 1 N–H and O–H groups in total. The number of hydrogen-bond acceptors (Lipinski definition) is 2. The first-order valence-electron chi connectivity index (χ1n) is 6.85. The van der Waals surface area contributed by atoms with Gasteiger partial charge >= 0.3 is 0 Å². The summed E-state index contributed by atoms with van der Waals surface area (Å²) < 4.78 is 15.1. The number of para-hydroxylation sites is 2. The molecule has 3 rings (SSSR count). The van der Waals surface area contributed by atoms with Crippen molar-refractivity contribution in [3.8, 4) is 5.69 Å². The van der Waals surface area contributed by atoms with Gasteiger partial charge in [-0.1, -0.05) is 24.3 Å². The maximum Gasteiger partial charge on any atom is 0.123 e. The normalized spacial score (nSPS) is 12.1. The quantitative estimate of drug-likeness (QED) is 0.777. The van der Waals surface area contributed by atoms with Crippen molar-refractivity contribution in [2.45, 2.75) is 13.0 Å². The summed E-state index contributed by atoms with van der Waals surface area (Å²) in [7, 11) is 0. The lowest BCUT2D eigenvalue weighted by Gasteiger charge is -2.18. The fourth-order valence-electron chi connectivity index (χ4n) is 2.30. The summed E-state index contributed by atoms with van der Waals surface area (Å²) in [5.74, 6) is -0.221. The van der Waals surface area contributed by atoms with Gasteiger partial charge in [0.05, 0.1) is 11.4 Å². The molecule has 0 radical (unpaired) electrons. The molecule has 21 heavy (non-hydrogen) atoms. The molecule has 0 bridgehead atoms. The van der Waals surface area contributed by atoms with Gasteiger partial charge in [-0.2, -0.15) is 5.10 Å². The molecule has 1 aromatic heterocycles. The Morgan fingerprint density at radius 2 is 1.95 bits per heavy atom. The average molecular weight is 281 g/mol. The number of hydrogen-bond donors (Lipinski definition) is 1. The van der Waals surface area contributed by atoms with Crippen LogP contribution >= 0.6 is 0 Å². The van der Waals surface area contributed by atoms with Crippen LogP contribution in [0.1, 0.15) is 18.5 Å². The molecule has 0 amide bonds. The third-order valence-electron chi connectivity index (χ3n) is 3.38. The van der Waals surface area contributed by atoms with Gasteiger partial charge in [0, 0.05) is 18.4 Å². The first-order chi connectivity index (χ1) is 10.2. The van der Waals surface area contributed by atoms with Crippen molar-refractivity contribution in [3.63, 3.8) is 0 Å². The van der Waals surface area contributed by atoms with Gasteiger partial charge in [-0.15, -0.1) is 0 Å². The molecular weight excluding hydrogens is 265 g/mol. The monoisotopic (exact) mass is 281 g/mol. The molecule has 1 heterocycles. The van der Waals surface area contributed by atoms with Crippen LogP contribution < -0.4 is 5.32 Å². The zero-order valence-electron chi connectivity index (χ0n) is 11.7. The summed E-state index contributed by atoms with van der Waals surface area (Å²) in [5.41, 5.74) is 2.83. The second kappa shape index (κ2) is 5.79. The number of benzene rings is 2. The third-order valence-corrected chi connectivity index (χ3v) is 3.38. The Hall–Kier alpha value is -2.62. The van der Waals surface area contributed by atoms with Crippen molar-refractivity contribution >= 4 is 5.69 Å². The van der Waals surface area contributed by atoms with Crippen LogP contribution in [0.25, 0.3) is 5.69 Å². The summed E-state index contributed by atoms with van der Waals surface area (Å²) in [6, 6.07) is 16.4. The van der Waals surface area contributed by atoms with Gasteiger partial charge in [-0.05, 0) is 42.8 Å². The predicted octanol–water partition coefficient (Wildman–Crippen LogP) is 4.18. The van der Waals surface area contributed by atoms with E-state index in [4.69, 9.17) is 0 Å². The topological polar surface area (TPSA) is 29.9 Å². The molecule has 0 spiro atoms. The minimum Gasteiger partial charge on any atom is -0.377 e. The molecule has 0 saturated carbocycles. The number of nitrogens with zero attached hydrogens (tertiary/aromatic N) is 2. The molecule has 3 nitrogen and oxygen atoms in total. The zero-order chi connectivity index (χ0) is 14.7. The molecule has 0 fully saturated rings. The Labute approximate surface area is 123 Å². The lowest BCUT2D eigenvalue weighted by Crippen LogP contribution is -2.09. The van der Waals surface area contributed by atoms with E-state index in [0.29, 0.717) is 0 Å². The third kappa shape index (κ3) is 2.94. The van der Waals surface area contributed by atoms with Crippen molar-refractivity contribution in [1.82, 2.24) is 9.78 Å². The fourth-order valence-corrected chi connectivity index (χ4v) is 2.30. The predicted molar refractivity (Wildman–Crippen MR) is 82.0 cm³/mol. The molecule has 0 aliphatic rings. The van der Waals surface area contributed by atoms with E-state index in [1.54, 1.807) is 23.0 Å². The Bertz CT molecular complexity index is 722. The van der Waals surface area contributed by atoms with Crippen molar-refractivity contribution in [1.29, 1.82) is 0 Å². The van der Waals surface area contributed by atoms with Crippen LogP contribution in [0.5, 0.6) is 0 Å². The van der Waals surface area contributed by atoms with Crippen molar-refractivity contribution in [2.75, 3.05) is 5.32 Å². The smallest absolute Gasteiger partial charge is 0.123 e. The van der Waals surface area contributed by atoms with Crippen molar-refractivity contribution in [2.24, 2.45) is 0 Å². The maximum absolute atomic E-state index is 13.3. The van der Waals surface area contributed by atoms with Gasteiger partial charge in [0.2, 0.25) is 0 Å². The number of aromatic nitrogens is 2. The number of rotatable bonds is 4. The van der Waals surface area contributed by atoms with Gasteiger partial charge in [-0.25, -0.2) is 9.07 Å². The SMILES string of the molecule is CC(Nc1ccccc1-n1cccn1)c1cccc(F)c1. The van der Waals surface area contributed by atoms with Gasteiger partial charge in [-0.3, -0.25) is 0 Å². The molecular formula is C17H16FN3. The van der Waals surface area contributed by atoms with Crippen LogP contribution in [-0.2, 0) is 0 Å². The van der Waals surface area contributed by atoms with E-state index in [2.05, 4.69) is 10.4 Å². The second-order valence-corrected chi connectivity index (χ2v) is 4.89. The maximum atomic E-state index is 13.3. The van der Waals surface area contributed by atoms with E-state index in [9.17, 15) is 4.39 Å². The lowest BCUT2D eigenvalue weighted by molar-refractivity contribution is 0.623. The highest BCUT2D eigenvalue weighted by atomic mass is 19.1. The van der Waals surface area contributed by atoms with Gasteiger partial charge in [0.15, 0.2) is 0 Å². The van der Waals surface area contributed by atoms with Crippen molar-refractivity contribution < 1.29 is 4.39 Å². The van der Waals surface area contributed by atoms with E-state index in [-0.39, 0.29) is 11.9 Å². The summed E-state index contributed by atoms with van der Waals surface area (Å²) >= 11 is 0. The van der Waals surface area contributed by atoms with E-state index < -0.39 is 0 Å². The molecule has 3 aromatic rings. The van der Waals surface area contributed by atoms with Crippen LogP contribution in [-0.4, -0.2) is 9.78 Å². The Morgan fingerprint density at radius 3 is 2.71 bits per heavy atom. The second-order valence-electron chi connectivity index (χ2n) is 4.89. The fraction of sp³-hybridized carbons (Fsp3) is 0.118. The van der Waals surface area contributed by atoms with Gasteiger partial charge in [0.25, 0.3) is 0 Å². The van der Waals surface area contributed by atoms with Crippen LogP contribution in [0, 0.1) is 5.82 Å². The number of halogens is 1. The molecule has 0 aliphatic heterocycles. The zero-order valence-corrected chi connectivity index (χ0v) is 11.7. The number of anilines is 1. The molecule has 106 valence electrons. The first-order valence-corrected chi connectivity index (χ1v) is 6.85. The van der Waals surface area contributed by atoms with Gasteiger partial charge in [0.1, 0.15) is 5.82 Å².